The summed E-state index contributed by atoms with van der Waals surface area (Å²) in [4.78, 5) is 25.0. The van der Waals surface area contributed by atoms with E-state index in [0.717, 1.165) is 25.9 Å². The molecule has 0 aromatic rings. The smallest absolute Gasteiger partial charge is 0.239 e. The minimum absolute atomic E-state index is 0.0617. The maximum atomic E-state index is 11.9. The van der Waals surface area contributed by atoms with E-state index < -0.39 is 0 Å². The zero-order chi connectivity index (χ0) is 14.3. The van der Waals surface area contributed by atoms with Crippen molar-refractivity contribution < 1.29 is 9.59 Å². The molecule has 0 radical (unpaired) electrons. The highest BCUT2D eigenvalue weighted by atomic mass is 16.2. The van der Waals surface area contributed by atoms with E-state index in [2.05, 4.69) is 10.6 Å². The highest BCUT2D eigenvalue weighted by Crippen LogP contribution is 2.14. The van der Waals surface area contributed by atoms with Crippen molar-refractivity contribution in [3.05, 3.63) is 0 Å². The summed E-state index contributed by atoms with van der Waals surface area (Å²) >= 11 is 0. The van der Waals surface area contributed by atoms with Crippen molar-refractivity contribution >= 4 is 11.8 Å². The summed E-state index contributed by atoms with van der Waals surface area (Å²) in [6.45, 7) is 7.00. The van der Waals surface area contributed by atoms with E-state index in [0.29, 0.717) is 24.8 Å². The minimum atomic E-state index is -0.0768. The van der Waals surface area contributed by atoms with Gasteiger partial charge in [0.05, 0.1) is 6.54 Å². The lowest BCUT2D eigenvalue weighted by Gasteiger charge is -2.18. The third-order valence-corrected chi connectivity index (χ3v) is 3.44. The molecule has 0 saturated carbocycles. The van der Waals surface area contributed by atoms with Crippen molar-refractivity contribution in [2.24, 2.45) is 11.8 Å². The summed E-state index contributed by atoms with van der Waals surface area (Å²) in [5.41, 5.74) is 0. The van der Waals surface area contributed by atoms with Crippen molar-refractivity contribution in [2.75, 3.05) is 33.2 Å². The second-order valence-electron chi connectivity index (χ2n) is 5.85. The molecule has 2 N–H and O–H groups in total. The Hall–Kier alpha value is -1.10. The van der Waals surface area contributed by atoms with E-state index in [1.807, 2.05) is 13.8 Å². The normalized spacial score (nSPS) is 18.6. The van der Waals surface area contributed by atoms with Crippen LogP contribution in [0.15, 0.2) is 0 Å². The topological polar surface area (TPSA) is 61.4 Å². The van der Waals surface area contributed by atoms with E-state index in [4.69, 9.17) is 0 Å². The molecule has 0 aromatic carbocycles. The van der Waals surface area contributed by atoms with Crippen LogP contribution in [0.4, 0.5) is 0 Å². The molecule has 0 aliphatic carbocycles. The summed E-state index contributed by atoms with van der Waals surface area (Å²) in [5.74, 6) is 1.03. The first-order chi connectivity index (χ1) is 8.99. The van der Waals surface area contributed by atoms with E-state index >= 15 is 0 Å². The summed E-state index contributed by atoms with van der Waals surface area (Å²) in [6.07, 6.45) is 2.62. The van der Waals surface area contributed by atoms with Gasteiger partial charge in [0.1, 0.15) is 0 Å². The molecule has 0 bridgehead atoms. The van der Waals surface area contributed by atoms with Crippen LogP contribution < -0.4 is 10.6 Å². The molecule has 1 heterocycles. The number of rotatable bonds is 7. The largest absolute Gasteiger partial charge is 0.354 e. The van der Waals surface area contributed by atoms with Crippen LogP contribution in [0.2, 0.25) is 0 Å². The summed E-state index contributed by atoms with van der Waals surface area (Å²) in [7, 11) is 1.70. The average Bonchev–Trinajstić information content (AvgIpc) is 2.86. The number of carbonyl (C=O) groups is 2. The number of hydrogen-bond donors (Lipinski definition) is 2. The maximum Gasteiger partial charge on any atom is 0.239 e. The molecule has 0 aromatic heterocycles. The molecule has 1 aliphatic rings. The van der Waals surface area contributed by atoms with Crippen LogP contribution in [-0.4, -0.2) is 49.9 Å². The summed E-state index contributed by atoms with van der Waals surface area (Å²) < 4.78 is 0. The molecule has 110 valence electrons. The van der Waals surface area contributed by atoms with Crippen LogP contribution in [0.3, 0.4) is 0 Å². The Labute approximate surface area is 116 Å². The average molecular weight is 269 g/mol. The maximum absolute atomic E-state index is 11.9. The van der Waals surface area contributed by atoms with Gasteiger partial charge in [-0.15, -0.1) is 0 Å². The zero-order valence-corrected chi connectivity index (χ0v) is 12.4. The molecule has 1 rings (SSSR count). The molecular weight excluding hydrogens is 242 g/mol. The lowest BCUT2D eigenvalue weighted by atomic mass is 10.0. The third kappa shape index (κ3) is 6.57. The quantitative estimate of drug-likeness (QED) is 0.712. The molecule has 1 atom stereocenters. The van der Waals surface area contributed by atoms with Crippen LogP contribution >= 0.6 is 0 Å². The highest BCUT2D eigenvalue weighted by Gasteiger charge is 2.18. The van der Waals surface area contributed by atoms with E-state index in [-0.39, 0.29) is 18.4 Å². The first-order valence-corrected chi connectivity index (χ1v) is 7.20. The van der Waals surface area contributed by atoms with Gasteiger partial charge in [0.25, 0.3) is 0 Å². The van der Waals surface area contributed by atoms with Gasteiger partial charge >= 0.3 is 0 Å². The Morgan fingerprint density at radius 2 is 2.16 bits per heavy atom. The van der Waals surface area contributed by atoms with Crippen LogP contribution in [0.1, 0.15) is 33.1 Å². The number of carbonyl (C=O) groups excluding carboxylic acids is 2. The fraction of sp³-hybridized carbons (Fsp3) is 0.857. The number of nitrogens with one attached hydrogen (secondary N) is 2. The lowest BCUT2D eigenvalue weighted by Crippen LogP contribution is -2.39. The van der Waals surface area contributed by atoms with Crippen molar-refractivity contribution in [1.29, 1.82) is 0 Å². The number of nitrogens with zero attached hydrogens (tertiary/aromatic N) is 1. The van der Waals surface area contributed by atoms with Crippen LogP contribution in [-0.2, 0) is 9.59 Å². The van der Waals surface area contributed by atoms with Gasteiger partial charge in [-0.1, -0.05) is 13.8 Å². The first kappa shape index (κ1) is 16.0. The Morgan fingerprint density at radius 1 is 1.42 bits per heavy atom. The monoisotopic (exact) mass is 269 g/mol. The fourth-order valence-electron chi connectivity index (χ4n) is 2.16. The SMILES string of the molecule is CC(C)CNC(=O)CN(C)C(=O)CCC1CCNC1. The number of hydrogen-bond acceptors (Lipinski definition) is 3. The molecule has 1 aliphatic heterocycles. The molecule has 1 fully saturated rings. The van der Waals surface area contributed by atoms with Gasteiger partial charge in [0.2, 0.25) is 11.8 Å². The second kappa shape index (κ2) is 8.15. The molecule has 2 amide bonds. The van der Waals surface area contributed by atoms with Crippen molar-refractivity contribution in [2.45, 2.75) is 33.1 Å². The van der Waals surface area contributed by atoms with Gasteiger partial charge in [0, 0.05) is 20.0 Å². The van der Waals surface area contributed by atoms with Crippen LogP contribution in [0.5, 0.6) is 0 Å². The number of likely N-dealkylation sites (N-methyl/N-ethyl adjacent to an activating group) is 1. The molecule has 19 heavy (non-hydrogen) atoms. The molecule has 0 spiro atoms. The minimum Gasteiger partial charge on any atom is -0.354 e. The van der Waals surface area contributed by atoms with Crippen LogP contribution in [0.25, 0.3) is 0 Å². The predicted molar refractivity (Wildman–Crippen MR) is 75.7 cm³/mol. The molecular formula is C14H27N3O2. The molecule has 5 heteroatoms. The summed E-state index contributed by atoms with van der Waals surface area (Å²) in [5, 5.41) is 6.12. The Morgan fingerprint density at radius 3 is 2.74 bits per heavy atom. The van der Waals surface area contributed by atoms with Gasteiger partial charge in [-0.05, 0) is 37.8 Å². The van der Waals surface area contributed by atoms with Gasteiger partial charge in [-0.3, -0.25) is 9.59 Å². The predicted octanol–water partition coefficient (Wildman–Crippen LogP) is 0.607. The van der Waals surface area contributed by atoms with E-state index in [9.17, 15) is 9.59 Å². The highest BCUT2D eigenvalue weighted by molar-refractivity contribution is 5.84. The number of amides is 2. The van der Waals surface area contributed by atoms with Crippen LogP contribution in [0, 0.1) is 11.8 Å². The Kier molecular flexibility index (Phi) is 6.84. The third-order valence-electron chi connectivity index (χ3n) is 3.44. The fourth-order valence-corrected chi connectivity index (χ4v) is 2.16. The lowest BCUT2D eigenvalue weighted by molar-refractivity contribution is -0.135. The van der Waals surface area contributed by atoms with E-state index in [1.54, 1.807) is 7.05 Å². The van der Waals surface area contributed by atoms with Crippen molar-refractivity contribution in [1.82, 2.24) is 15.5 Å². The van der Waals surface area contributed by atoms with Gasteiger partial charge < -0.3 is 15.5 Å². The summed E-state index contributed by atoms with van der Waals surface area (Å²) in [6, 6.07) is 0. The Bertz CT molecular complexity index is 299. The Balaban J connectivity index is 2.18. The van der Waals surface area contributed by atoms with Gasteiger partial charge in [-0.2, -0.15) is 0 Å². The van der Waals surface area contributed by atoms with Crippen molar-refractivity contribution in [3.8, 4) is 0 Å². The first-order valence-electron chi connectivity index (χ1n) is 7.20. The van der Waals surface area contributed by atoms with Crippen molar-refractivity contribution in [3.63, 3.8) is 0 Å². The van der Waals surface area contributed by atoms with Gasteiger partial charge in [0.15, 0.2) is 0 Å². The van der Waals surface area contributed by atoms with E-state index in [1.165, 1.54) is 4.90 Å². The molecule has 1 saturated heterocycles. The second-order valence-corrected chi connectivity index (χ2v) is 5.85. The standard InChI is InChI=1S/C14H27N3O2/c1-11(2)8-16-13(18)10-17(3)14(19)5-4-12-6-7-15-9-12/h11-12,15H,4-10H2,1-3H3,(H,16,18). The van der Waals surface area contributed by atoms with Gasteiger partial charge in [-0.25, -0.2) is 0 Å². The zero-order valence-electron chi connectivity index (χ0n) is 12.4. The molecule has 5 nitrogen and oxygen atoms in total. The molecule has 1 unspecified atom stereocenters.